The maximum Gasteiger partial charge on any atom is 0.410 e. The van der Waals surface area contributed by atoms with Crippen LogP contribution in [0.3, 0.4) is 0 Å². The molecular formula is C19H27NO3. The van der Waals surface area contributed by atoms with Crippen molar-refractivity contribution in [1.29, 1.82) is 0 Å². The first kappa shape index (κ1) is 17.5. The number of likely N-dealkylation sites (tertiary alicyclic amines) is 1. The van der Waals surface area contributed by atoms with E-state index in [4.69, 9.17) is 4.74 Å². The van der Waals surface area contributed by atoms with Gasteiger partial charge >= 0.3 is 6.09 Å². The molecule has 0 aliphatic carbocycles. The molecule has 1 fully saturated rings. The fourth-order valence-electron chi connectivity index (χ4n) is 3.08. The third-order valence-corrected chi connectivity index (χ3v) is 3.97. The first-order valence-electron chi connectivity index (χ1n) is 8.27. The van der Waals surface area contributed by atoms with Gasteiger partial charge in [0.2, 0.25) is 0 Å². The summed E-state index contributed by atoms with van der Waals surface area (Å²) in [6, 6.07) is 5.84. The molecule has 1 aliphatic heterocycles. The van der Waals surface area contributed by atoms with E-state index in [0.29, 0.717) is 13.0 Å². The van der Waals surface area contributed by atoms with E-state index in [0.717, 1.165) is 29.5 Å². The SMILES string of the molecule is Cc1cc(C)cc(C(=O)CC2CCCN2C(=O)OC(C)(C)C)c1. The van der Waals surface area contributed by atoms with Crippen LogP contribution in [0.2, 0.25) is 0 Å². The van der Waals surface area contributed by atoms with E-state index in [1.807, 2.05) is 46.8 Å². The summed E-state index contributed by atoms with van der Waals surface area (Å²) in [7, 11) is 0. The van der Waals surface area contributed by atoms with E-state index in [2.05, 4.69) is 6.07 Å². The van der Waals surface area contributed by atoms with Gasteiger partial charge in [-0.15, -0.1) is 0 Å². The van der Waals surface area contributed by atoms with Crippen LogP contribution in [0, 0.1) is 13.8 Å². The Morgan fingerprint density at radius 2 is 1.78 bits per heavy atom. The second-order valence-corrected chi connectivity index (χ2v) is 7.47. The number of nitrogens with zero attached hydrogens (tertiary/aromatic N) is 1. The molecule has 0 radical (unpaired) electrons. The van der Waals surface area contributed by atoms with Crippen molar-refractivity contribution in [3.05, 3.63) is 34.9 Å². The highest BCUT2D eigenvalue weighted by Crippen LogP contribution is 2.24. The van der Waals surface area contributed by atoms with Crippen LogP contribution < -0.4 is 0 Å². The number of ether oxygens (including phenoxy) is 1. The minimum Gasteiger partial charge on any atom is -0.444 e. The van der Waals surface area contributed by atoms with Gasteiger partial charge in [0.1, 0.15) is 5.60 Å². The molecule has 4 nitrogen and oxygen atoms in total. The van der Waals surface area contributed by atoms with Crippen LogP contribution in [0.15, 0.2) is 18.2 Å². The molecule has 0 bridgehead atoms. The maximum atomic E-state index is 12.6. The van der Waals surface area contributed by atoms with Gasteiger partial charge in [-0.25, -0.2) is 4.79 Å². The smallest absolute Gasteiger partial charge is 0.410 e. The van der Waals surface area contributed by atoms with Gasteiger partial charge in [-0.05, 0) is 59.6 Å². The van der Waals surface area contributed by atoms with Crippen LogP contribution in [0.1, 0.15) is 61.5 Å². The van der Waals surface area contributed by atoms with Crippen molar-refractivity contribution in [3.8, 4) is 0 Å². The number of ketones is 1. The summed E-state index contributed by atoms with van der Waals surface area (Å²) < 4.78 is 5.45. The molecule has 0 N–H and O–H groups in total. The molecule has 1 amide bonds. The van der Waals surface area contributed by atoms with E-state index in [-0.39, 0.29) is 17.9 Å². The molecule has 1 heterocycles. The minimum absolute atomic E-state index is 0.0573. The molecule has 0 saturated carbocycles. The Morgan fingerprint density at radius 1 is 1.17 bits per heavy atom. The Balaban J connectivity index is 2.06. The lowest BCUT2D eigenvalue weighted by Crippen LogP contribution is -2.40. The van der Waals surface area contributed by atoms with Crippen molar-refractivity contribution < 1.29 is 14.3 Å². The van der Waals surface area contributed by atoms with Gasteiger partial charge in [0.15, 0.2) is 5.78 Å². The van der Waals surface area contributed by atoms with Crippen LogP contribution in [0.5, 0.6) is 0 Å². The van der Waals surface area contributed by atoms with Crippen molar-refractivity contribution in [1.82, 2.24) is 4.90 Å². The zero-order chi connectivity index (χ0) is 17.2. The van der Waals surface area contributed by atoms with Crippen LogP contribution >= 0.6 is 0 Å². The number of benzene rings is 1. The number of aryl methyl sites for hydroxylation is 2. The Morgan fingerprint density at radius 3 is 2.35 bits per heavy atom. The van der Waals surface area contributed by atoms with Gasteiger partial charge in [0.25, 0.3) is 0 Å². The van der Waals surface area contributed by atoms with Gasteiger partial charge in [-0.2, -0.15) is 0 Å². The number of Topliss-reactive ketones (excluding diaryl/α,β-unsaturated/α-hetero) is 1. The molecule has 2 rings (SSSR count). The molecule has 1 aliphatic rings. The van der Waals surface area contributed by atoms with Crippen LogP contribution in [0.25, 0.3) is 0 Å². The summed E-state index contributed by atoms with van der Waals surface area (Å²) in [6.07, 6.45) is 1.83. The van der Waals surface area contributed by atoms with Gasteiger partial charge in [-0.3, -0.25) is 4.79 Å². The lowest BCUT2D eigenvalue weighted by molar-refractivity contribution is 0.0223. The van der Waals surface area contributed by atoms with E-state index in [9.17, 15) is 9.59 Å². The molecule has 0 aromatic heterocycles. The van der Waals surface area contributed by atoms with Gasteiger partial charge < -0.3 is 9.64 Å². The van der Waals surface area contributed by atoms with Crippen LogP contribution in [0.4, 0.5) is 4.79 Å². The zero-order valence-electron chi connectivity index (χ0n) is 14.8. The van der Waals surface area contributed by atoms with Crippen molar-refractivity contribution >= 4 is 11.9 Å². The third-order valence-electron chi connectivity index (χ3n) is 3.97. The molecule has 1 aromatic carbocycles. The normalized spacial score (nSPS) is 18.1. The summed E-state index contributed by atoms with van der Waals surface area (Å²) in [5.41, 5.74) is 2.40. The second kappa shape index (κ2) is 6.73. The van der Waals surface area contributed by atoms with Crippen LogP contribution in [-0.2, 0) is 4.74 Å². The predicted molar refractivity (Wildman–Crippen MR) is 90.8 cm³/mol. The summed E-state index contributed by atoms with van der Waals surface area (Å²) in [4.78, 5) is 26.6. The Labute approximate surface area is 138 Å². The van der Waals surface area contributed by atoms with Gasteiger partial charge in [0, 0.05) is 24.6 Å². The Bertz CT molecular complexity index is 581. The quantitative estimate of drug-likeness (QED) is 0.782. The predicted octanol–water partition coefficient (Wildman–Crippen LogP) is 4.28. The van der Waals surface area contributed by atoms with Gasteiger partial charge in [0.05, 0.1) is 0 Å². The van der Waals surface area contributed by atoms with Crippen molar-refractivity contribution in [3.63, 3.8) is 0 Å². The van der Waals surface area contributed by atoms with Crippen molar-refractivity contribution in [2.45, 2.75) is 65.5 Å². The lowest BCUT2D eigenvalue weighted by atomic mass is 9.99. The number of carbonyl (C=O) groups is 2. The second-order valence-electron chi connectivity index (χ2n) is 7.47. The molecule has 4 heteroatoms. The lowest BCUT2D eigenvalue weighted by Gasteiger charge is -2.28. The fraction of sp³-hybridized carbons (Fsp3) is 0.579. The van der Waals surface area contributed by atoms with Crippen LogP contribution in [-0.4, -0.2) is 35.0 Å². The summed E-state index contributed by atoms with van der Waals surface area (Å²) in [5.74, 6) is 0.0947. The summed E-state index contributed by atoms with van der Waals surface area (Å²) >= 11 is 0. The van der Waals surface area contributed by atoms with E-state index < -0.39 is 5.60 Å². The molecule has 1 atom stereocenters. The molecule has 1 aromatic rings. The molecule has 1 unspecified atom stereocenters. The monoisotopic (exact) mass is 317 g/mol. The largest absolute Gasteiger partial charge is 0.444 e. The molecule has 23 heavy (non-hydrogen) atoms. The topological polar surface area (TPSA) is 46.6 Å². The van der Waals surface area contributed by atoms with E-state index >= 15 is 0 Å². The summed E-state index contributed by atoms with van der Waals surface area (Å²) in [6.45, 7) is 10.2. The summed E-state index contributed by atoms with van der Waals surface area (Å²) in [5, 5.41) is 0. The molecule has 1 saturated heterocycles. The highest BCUT2D eigenvalue weighted by Gasteiger charge is 2.33. The van der Waals surface area contributed by atoms with E-state index in [1.54, 1.807) is 4.90 Å². The fourth-order valence-corrected chi connectivity index (χ4v) is 3.08. The number of amides is 1. The zero-order valence-corrected chi connectivity index (χ0v) is 14.8. The average molecular weight is 317 g/mol. The maximum absolute atomic E-state index is 12.6. The molecular weight excluding hydrogens is 290 g/mol. The Hall–Kier alpha value is -1.84. The molecule has 126 valence electrons. The molecule has 0 spiro atoms. The van der Waals surface area contributed by atoms with E-state index in [1.165, 1.54) is 0 Å². The standard InChI is InChI=1S/C19H27NO3/c1-13-9-14(2)11-15(10-13)17(21)12-16-7-6-8-20(16)18(22)23-19(3,4)5/h9-11,16H,6-8,12H2,1-5H3. The first-order valence-corrected chi connectivity index (χ1v) is 8.27. The van der Waals surface area contributed by atoms with Crippen molar-refractivity contribution in [2.24, 2.45) is 0 Å². The number of rotatable bonds is 3. The Kier molecular flexibility index (Phi) is 5.12. The first-order chi connectivity index (χ1) is 10.7. The van der Waals surface area contributed by atoms with Crippen molar-refractivity contribution in [2.75, 3.05) is 6.54 Å². The number of hydrogen-bond acceptors (Lipinski definition) is 3. The number of carbonyl (C=O) groups excluding carboxylic acids is 2. The highest BCUT2D eigenvalue weighted by molar-refractivity contribution is 5.97. The van der Waals surface area contributed by atoms with Gasteiger partial charge in [-0.1, -0.05) is 17.2 Å². The third kappa shape index (κ3) is 4.81. The minimum atomic E-state index is -0.512. The average Bonchev–Trinajstić information content (AvgIpc) is 2.83. The highest BCUT2D eigenvalue weighted by atomic mass is 16.6. The number of hydrogen-bond donors (Lipinski definition) is 0.